The molecule has 2 saturated carbocycles. The van der Waals surface area contributed by atoms with Gasteiger partial charge in [-0.1, -0.05) is 93.6 Å². The summed E-state index contributed by atoms with van der Waals surface area (Å²) < 4.78 is 32.4. The smallest absolute Gasteiger partial charge is 0.338 e. The summed E-state index contributed by atoms with van der Waals surface area (Å²) in [5.41, 5.74) is 2.40. The lowest BCUT2D eigenvalue weighted by atomic mass is 9.43. The Morgan fingerprint density at radius 3 is 1.54 bits per heavy atom. The molecular weight excluding hydrogens is 769 g/mol. The summed E-state index contributed by atoms with van der Waals surface area (Å²) in [5, 5.41) is 0. The zero-order valence-corrected chi connectivity index (χ0v) is 36.7. The molecular formula is C52H60O9. The standard InChI is InChI=1S/C52H60O9/c1-34-16-8-12-20-39(34)45(53)57-31-30-51(33-59-47(55)41-22-14-10-18-36(41)3)28-29-52(61-51)38(5)24-25-43-49(6,32-58-46(54)40-21-13-9-17-35(40)2)44(26-27-50(43,52)7)60-48(56)42-23-15-11-19-37(42)4/h8-23,38,43-44H,24-33H2,1-7H3. The van der Waals surface area contributed by atoms with Crippen LogP contribution in [0.2, 0.25) is 0 Å². The average molecular weight is 829 g/mol. The maximum Gasteiger partial charge on any atom is 0.338 e. The number of carbonyl (C=O) groups is 4. The summed E-state index contributed by atoms with van der Waals surface area (Å²) in [6.07, 6.45) is 3.89. The minimum absolute atomic E-state index is 0.0146. The second-order valence-corrected chi connectivity index (χ2v) is 18.4. The van der Waals surface area contributed by atoms with Crippen LogP contribution >= 0.6 is 0 Å². The molecule has 1 aliphatic heterocycles. The third-order valence-corrected chi connectivity index (χ3v) is 14.7. The molecule has 322 valence electrons. The number of aryl methyl sites for hydroxylation is 4. The molecule has 1 heterocycles. The molecule has 0 bridgehead atoms. The van der Waals surface area contributed by atoms with Crippen LogP contribution in [-0.4, -0.2) is 61.0 Å². The van der Waals surface area contributed by atoms with Gasteiger partial charge in [0.05, 0.1) is 34.5 Å². The van der Waals surface area contributed by atoms with Crippen molar-refractivity contribution in [3.8, 4) is 0 Å². The molecule has 4 aromatic carbocycles. The zero-order chi connectivity index (χ0) is 43.6. The van der Waals surface area contributed by atoms with Gasteiger partial charge in [0.15, 0.2) is 0 Å². The molecule has 1 spiro atoms. The fraction of sp³-hybridized carbons (Fsp3) is 0.462. The number of hydrogen-bond donors (Lipinski definition) is 0. The predicted octanol–water partition coefficient (Wildman–Crippen LogP) is 10.5. The monoisotopic (exact) mass is 828 g/mol. The van der Waals surface area contributed by atoms with Gasteiger partial charge in [-0.25, -0.2) is 19.2 Å². The molecule has 0 aromatic heterocycles. The Hall–Kier alpha value is -5.28. The summed E-state index contributed by atoms with van der Waals surface area (Å²) in [6, 6.07) is 29.5. The van der Waals surface area contributed by atoms with Crippen molar-refractivity contribution in [2.24, 2.45) is 22.7 Å². The summed E-state index contributed by atoms with van der Waals surface area (Å²) >= 11 is 0. The van der Waals surface area contributed by atoms with Gasteiger partial charge >= 0.3 is 23.9 Å². The van der Waals surface area contributed by atoms with Gasteiger partial charge in [0.2, 0.25) is 0 Å². The SMILES string of the molecule is Cc1ccccc1C(=O)OCCC1(COC(=O)c2ccccc2C)CCC2(O1)C(C)CCC1C(C)(COC(=O)c3ccccc3C)C(OC(=O)c3ccccc3C)CCC12C. The highest BCUT2D eigenvalue weighted by Gasteiger charge is 2.70. The first-order valence-electron chi connectivity index (χ1n) is 21.8. The second kappa shape index (κ2) is 17.6. The fourth-order valence-electron chi connectivity index (χ4n) is 11.0. The van der Waals surface area contributed by atoms with Gasteiger partial charge in [-0.2, -0.15) is 0 Å². The van der Waals surface area contributed by atoms with Gasteiger partial charge in [-0.15, -0.1) is 0 Å². The van der Waals surface area contributed by atoms with Gasteiger partial charge in [-0.05, 0) is 125 Å². The molecule has 3 fully saturated rings. The first-order valence-corrected chi connectivity index (χ1v) is 21.8. The van der Waals surface area contributed by atoms with Gasteiger partial charge in [0.25, 0.3) is 0 Å². The Morgan fingerprint density at radius 2 is 1.03 bits per heavy atom. The molecule has 0 radical (unpaired) electrons. The topological polar surface area (TPSA) is 114 Å². The lowest BCUT2D eigenvalue weighted by Crippen LogP contribution is -2.67. The van der Waals surface area contributed by atoms with Crippen molar-refractivity contribution in [1.29, 1.82) is 0 Å². The molecule has 9 heteroatoms. The Kier molecular flexibility index (Phi) is 12.6. The maximum absolute atomic E-state index is 13.9. The normalized spacial score (nSPS) is 28.1. The molecule has 9 nitrogen and oxygen atoms in total. The minimum atomic E-state index is -0.953. The van der Waals surface area contributed by atoms with E-state index < -0.39 is 52.0 Å². The van der Waals surface area contributed by atoms with Crippen LogP contribution in [0.3, 0.4) is 0 Å². The van der Waals surface area contributed by atoms with Crippen molar-refractivity contribution in [3.63, 3.8) is 0 Å². The van der Waals surface area contributed by atoms with E-state index in [1.54, 1.807) is 24.3 Å². The zero-order valence-electron chi connectivity index (χ0n) is 36.7. The molecule has 4 aromatic rings. The van der Waals surface area contributed by atoms with Crippen molar-refractivity contribution in [1.82, 2.24) is 0 Å². The van der Waals surface area contributed by atoms with Crippen molar-refractivity contribution in [2.45, 2.75) is 111 Å². The first kappa shape index (κ1) is 43.8. The van der Waals surface area contributed by atoms with Crippen LogP contribution in [0.4, 0.5) is 0 Å². The van der Waals surface area contributed by atoms with E-state index in [0.29, 0.717) is 54.4 Å². The molecule has 7 rings (SSSR count). The third-order valence-electron chi connectivity index (χ3n) is 14.7. The Labute approximate surface area is 360 Å². The molecule has 2 aliphatic carbocycles. The number of rotatable bonds is 12. The number of carbonyl (C=O) groups excluding carboxylic acids is 4. The Morgan fingerprint density at radius 1 is 0.574 bits per heavy atom. The molecule has 1 saturated heterocycles. The highest BCUT2D eigenvalue weighted by molar-refractivity contribution is 5.92. The average Bonchev–Trinajstić information content (AvgIpc) is 3.64. The number of fused-ring (bicyclic) bond motifs is 2. The quantitative estimate of drug-likeness (QED) is 0.102. The van der Waals surface area contributed by atoms with Gasteiger partial charge < -0.3 is 23.7 Å². The highest BCUT2D eigenvalue weighted by atomic mass is 16.6. The summed E-state index contributed by atoms with van der Waals surface area (Å²) in [6.45, 7) is 14.3. The third kappa shape index (κ3) is 8.38. The molecule has 0 N–H and O–H groups in total. The van der Waals surface area contributed by atoms with Crippen LogP contribution < -0.4 is 0 Å². The molecule has 0 amide bonds. The van der Waals surface area contributed by atoms with E-state index in [1.165, 1.54) is 0 Å². The van der Waals surface area contributed by atoms with Crippen LogP contribution in [0.5, 0.6) is 0 Å². The summed E-state index contributed by atoms with van der Waals surface area (Å²) in [5.74, 6) is -1.63. The number of hydrogen-bond acceptors (Lipinski definition) is 9. The van der Waals surface area contributed by atoms with E-state index in [1.807, 2.05) is 100 Å². The van der Waals surface area contributed by atoms with Crippen LogP contribution in [0.1, 0.15) is 129 Å². The van der Waals surface area contributed by atoms with Crippen molar-refractivity contribution >= 4 is 23.9 Å². The minimum Gasteiger partial charge on any atom is -0.462 e. The largest absolute Gasteiger partial charge is 0.462 e. The summed E-state index contributed by atoms with van der Waals surface area (Å²) in [4.78, 5) is 54.6. The van der Waals surface area contributed by atoms with E-state index in [-0.39, 0.29) is 31.7 Å². The fourth-order valence-corrected chi connectivity index (χ4v) is 11.0. The molecule has 61 heavy (non-hydrogen) atoms. The highest BCUT2D eigenvalue weighted by Crippen LogP contribution is 2.68. The number of ether oxygens (including phenoxy) is 5. The van der Waals surface area contributed by atoms with Gasteiger partial charge in [-0.3, -0.25) is 0 Å². The Balaban J connectivity index is 1.21. The lowest BCUT2D eigenvalue weighted by Gasteiger charge is -2.65. The van der Waals surface area contributed by atoms with Crippen LogP contribution in [0.15, 0.2) is 97.1 Å². The van der Waals surface area contributed by atoms with Gasteiger partial charge in [0, 0.05) is 17.3 Å². The van der Waals surface area contributed by atoms with Crippen molar-refractivity contribution < 1.29 is 42.9 Å². The maximum atomic E-state index is 13.9. The predicted molar refractivity (Wildman–Crippen MR) is 233 cm³/mol. The van der Waals surface area contributed by atoms with E-state index >= 15 is 0 Å². The molecule has 3 aliphatic rings. The summed E-state index contributed by atoms with van der Waals surface area (Å²) in [7, 11) is 0. The van der Waals surface area contributed by atoms with Crippen molar-refractivity contribution in [2.75, 3.05) is 19.8 Å². The van der Waals surface area contributed by atoms with E-state index in [4.69, 9.17) is 23.7 Å². The van der Waals surface area contributed by atoms with Gasteiger partial charge in [0.1, 0.15) is 24.9 Å². The second-order valence-electron chi connectivity index (χ2n) is 18.4. The molecule has 7 unspecified atom stereocenters. The van der Waals surface area contributed by atoms with E-state index in [2.05, 4.69) is 20.8 Å². The lowest BCUT2D eigenvalue weighted by molar-refractivity contribution is -0.271. The van der Waals surface area contributed by atoms with E-state index in [0.717, 1.165) is 35.1 Å². The number of benzene rings is 4. The van der Waals surface area contributed by atoms with Crippen LogP contribution in [0.25, 0.3) is 0 Å². The van der Waals surface area contributed by atoms with E-state index in [9.17, 15) is 19.2 Å². The Bertz CT molecular complexity index is 2280. The first-order chi connectivity index (χ1) is 29.1. The number of esters is 4. The van der Waals surface area contributed by atoms with Crippen molar-refractivity contribution in [3.05, 3.63) is 142 Å². The van der Waals surface area contributed by atoms with Crippen LogP contribution in [-0.2, 0) is 23.7 Å². The van der Waals surface area contributed by atoms with Crippen LogP contribution in [0, 0.1) is 50.4 Å². The molecule has 7 atom stereocenters.